The molecule has 4 nitrogen and oxygen atoms in total. The van der Waals surface area contributed by atoms with Gasteiger partial charge in [0.25, 0.3) is 0 Å². The first-order valence-corrected chi connectivity index (χ1v) is 5.36. The predicted molar refractivity (Wildman–Crippen MR) is 57.4 cm³/mol. The number of nitrogens with one attached hydrogen (secondary N) is 2. The highest BCUT2D eigenvalue weighted by molar-refractivity contribution is 5.66. The highest BCUT2D eigenvalue weighted by atomic mass is 16.5. The lowest BCUT2D eigenvalue weighted by molar-refractivity contribution is 0.146. The summed E-state index contributed by atoms with van der Waals surface area (Å²) in [6, 6.07) is 0. The van der Waals surface area contributed by atoms with Crippen molar-refractivity contribution in [3.63, 3.8) is 0 Å². The van der Waals surface area contributed by atoms with Crippen LogP contribution in [0.2, 0.25) is 0 Å². The van der Waals surface area contributed by atoms with Gasteiger partial charge in [0.15, 0.2) is 0 Å². The number of alkyl carbamates (subject to hydrolysis) is 1. The van der Waals surface area contributed by atoms with E-state index >= 15 is 0 Å². The van der Waals surface area contributed by atoms with Crippen LogP contribution >= 0.6 is 0 Å². The van der Waals surface area contributed by atoms with Crippen molar-refractivity contribution in [1.82, 2.24) is 10.6 Å². The normalized spacial score (nSPS) is 9.86. The minimum Gasteiger partial charge on any atom is -0.450 e. The van der Waals surface area contributed by atoms with Crippen LogP contribution in [0, 0.1) is 0 Å². The number of hydrogen-bond acceptors (Lipinski definition) is 3. The van der Waals surface area contributed by atoms with Gasteiger partial charge in [0.05, 0.1) is 6.61 Å². The zero-order valence-electron chi connectivity index (χ0n) is 9.27. The van der Waals surface area contributed by atoms with E-state index in [0.29, 0.717) is 6.61 Å². The molecule has 0 aromatic rings. The average molecular weight is 202 g/mol. The molecule has 1 amide bonds. The van der Waals surface area contributed by atoms with Gasteiger partial charge < -0.3 is 15.4 Å². The quantitative estimate of drug-likeness (QED) is 0.587. The molecule has 0 spiro atoms. The van der Waals surface area contributed by atoms with E-state index < -0.39 is 0 Å². The first kappa shape index (κ1) is 13.2. The van der Waals surface area contributed by atoms with Crippen molar-refractivity contribution < 1.29 is 9.53 Å². The molecule has 0 atom stereocenters. The summed E-state index contributed by atoms with van der Waals surface area (Å²) in [5.74, 6) is 0. The molecule has 4 heteroatoms. The molecular formula is C10H22N2O2. The van der Waals surface area contributed by atoms with Crippen LogP contribution in [0.4, 0.5) is 4.79 Å². The fourth-order valence-corrected chi connectivity index (χ4v) is 1.02. The van der Waals surface area contributed by atoms with Crippen LogP contribution in [0.3, 0.4) is 0 Å². The molecule has 84 valence electrons. The van der Waals surface area contributed by atoms with E-state index in [1.165, 1.54) is 12.8 Å². The monoisotopic (exact) mass is 202 g/mol. The Labute approximate surface area is 86.4 Å². The smallest absolute Gasteiger partial charge is 0.406 e. The van der Waals surface area contributed by atoms with E-state index in [0.717, 1.165) is 25.9 Å². The lowest BCUT2D eigenvalue weighted by Crippen LogP contribution is -2.20. The third-order valence-electron chi connectivity index (χ3n) is 1.89. The van der Waals surface area contributed by atoms with Crippen LogP contribution in [0.5, 0.6) is 0 Å². The zero-order chi connectivity index (χ0) is 10.6. The van der Waals surface area contributed by atoms with Gasteiger partial charge in [-0.1, -0.05) is 13.3 Å². The van der Waals surface area contributed by atoms with E-state index in [4.69, 9.17) is 4.74 Å². The topological polar surface area (TPSA) is 50.4 Å². The van der Waals surface area contributed by atoms with E-state index in [9.17, 15) is 4.79 Å². The molecule has 14 heavy (non-hydrogen) atoms. The summed E-state index contributed by atoms with van der Waals surface area (Å²) in [6.45, 7) is 4.79. The second kappa shape index (κ2) is 10.3. The van der Waals surface area contributed by atoms with Gasteiger partial charge in [-0.3, -0.25) is 0 Å². The Morgan fingerprint density at radius 3 is 2.57 bits per heavy atom. The first-order chi connectivity index (χ1) is 6.81. The fourth-order valence-electron chi connectivity index (χ4n) is 1.02. The van der Waals surface area contributed by atoms with Crippen molar-refractivity contribution in [1.29, 1.82) is 0 Å². The number of amides is 1. The molecule has 0 aliphatic rings. The molecule has 0 bridgehead atoms. The molecular weight excluding hydrogens is 180 g/mol. The predicted octanol–water partition coefficient (Wildman–Crippen LogP) is 1.51. The Morgan fingerprint density at radius 1 is 1.21 bits per heavy atom. The third kappa shape index (κ3) is 9.32. The number of carbonyl (C=O) groups is 1. The molecule has 0 fully saturated rings. The van der Waals surface area contributed by atoms with Crippen molar-refractivity contribution in [2.24, 2.45) is 0 Å². The SMILES string of the molecule is CCCCNCCCCOC(=O)NC. The zero-order valence-corrected chi connectivity index (χ0v) is 9.27. The largest absolute Gasteiger partial charge is 0.450 e. The van der Waals surface area contributed by atoms with E-state index in [1.54, 1.807) is 7.05 Å². The third-order valence-corrected chi connectivity index (χ3v) is 1.89. The van der Waals surface area contributed by atoms with Gasteiger partial charge in [-0.05, 0) is 32.4 Å². The summed E-state index contributed by atoms with van der Waals surface area (Å²) < 4.78 is 4.84. The summed E-state index contributed by atoms with van der Waals surface area (Å²) in [6.07, 6.45) is 4.10. The standard InChI is InChI=1S/C10H22N2O2/c1-3-4-7-12-8-5-6-9-14-10(13)11-2/h12H,3-9H2,1-2H3,(H,11,13). The lowest BCUT2D eigenvalue weighted by Gasteiger charge is -2.04. The minimum atomic E-state index is -0.344. The number of rotatable bonds is 8. The maximum absolute atomic E-state index is 10.6. The number of carbonyl (C=O) groups excluding carboxylic acids is 1. The first-order valence-electron chi connectivity index (χ1n) is 5.36. The number of hydrogen-bond donors (Lipinski definition) is 2. The molecule has 0 aromatic carbocycles. The highest BCUT2D eigenvalue weighted by Gasteiger charge is 1.95. The van der Waals surface area contributed by atoms with Gasteiger partial charge in [-0.15, -0.1) is 0 Å². The Kier molecular flexibility index (Phi) is 9.74. The summed E-state index contributed by atoms with van der Waals surface area (Å²) in [4.78, 5) is 10.6. The van der Waals surface area contributed by atoms with Crippen LogP contribution in [0.1, 0.15) is 32.6 Å². The highest BCUT2D eigenvalue weighted by Crippen LogP contribution is 1.90. The molecule has 0 heterocycles. The van der Waals surface area contributed by atoms with E-state index in [-0.39, 0.29) is 6.09 Å². The van der Waals surface area contributed by atoms with Crippen molar-refractivity contribution in [3.8, 4) is 0 Å². The van der Waals surface area contributed by atoms with Crippen molar-refractivity contribution in [2.75, 3.05) is 26.7 Å². The molecule has 0 aromatic heterocycles. The second-order valence-electron chi connectivity index (χ2n) is 3.20. The average Bonchev–Trinajstić information content (AvgIpc) is 2.21. The number of ether oxygens (including phenoxy) is 1. The molecule has 2 N–H and O–H groups in total. The van der Waals surface area contributed by atoms with Crippen LogP contribution in [-0.4, -0.2) is 32.8 Å². The summed E-state index contributed by atoms with van der Waals surface area (Å²) in [7, 11) is 1.56. The summed E-state index contributed by atoms with van der Waals surface area (Å²) in [5, 5.41) is 5.74. The summed E-state index contributed by atoms with van der Waals surface area (Å²) in [5.41, 5.74) is 0. The van der Waals surface area contributed by atoms with E-state index in [2.05, 4.69) is 17.6 Å². The Hall–Kier alpha value is -0.770. The van der Waals surface area contributed by atoms with Gasteiger partial charge in [-0.2, -0.15) is 0 Å². The van der Waals surface area contributed by atoms with Gasteiger partial charge in [-0.25, -0.2) is 4.79 Å². The van der Waals surface area contributed by atoms with Crippen LogP contribution in [-0.2, 0) is 4.74 Å². The minimum absolute atomic E-state index is 0.344. The van der Waals surface area contributed by atoms with Crippen molar-refractivity contribution in [3.05, 3.63) is 0 Å². The van der Waals surface area contributed by atoms with E-state index in [1.807, 2.05) is 0 Å². The van der Waals surface area contributed by atoms with Gasteiger partial charge in [0.1, 0.15) is 0 Å². The molecule has 0 aliphatic heterocycles. The van der Waals surface area contributed by atoms with Crippen molar-refractivity contribution in [2.45, 2.75) is 32.6 Å². The van der Waals surface area contributed by atoms with Gasteiger partial charge in [0.2, 0.25) is 0 Å². The Balaban J connectivity index is 2.95. The van der Waals surface area contributed by atoms with Gasteiger partial charge in [0, 0.05) is 7.05 Å². The molecule has 0 aliphatic carbocycles. The second-order valence-corrected chi connectivity index (χ2v) is 3.20. The fraction of sp³-hybridized carbons (Fsp3) is 0.900. The van der Waals surface area contributed by atoms with Crippen LogP contribution in [0.15, 0.2) is 0 Å². The summed E-state index contributed by atoms with van der Waals surface area (Å²) >= 11 is 0. The molecule has 0 radical (unpaired) electrons. The molecule has 0 unspecified atom stereocenters. The molecule has 0 saturated carbocycles. The number of unbranched alkanes of at least 4 members (excludes halogenated alkanes) is 2. The van der Waals surface area contributed by atoms with Crippen LogP contribution in [0.25, 0.3) is 0 Å². The van der Waals surface area contributed by atoms with Gasteiger partial charge >= 0.3 is 6.09 Å². The molecule has 0 saturated heterocycles. The van der Waals surface area contributed by atoms with Crippen LogP contribution < -0.4 is 10.6 Å². The maximum atomic E-state index is 10.6. The Bertz CT molecular complexity index is 140. The molecule has 0 rings (SSSR count). The van der Waals surface area contributed by atoms with Crippen molar-refractivity contribution >= 4 is 6.09 Å². The Morgan fingerprint density at radius 2 is 1.93 bits per heavy atom. The lowest BCUT2D eigenvalue weighted by atomic mass is 10.3. The maximum Gasteiger partial charge on any atom is 0.406 e.